The first-order valence-corrected chi connectivity index (χ1v) is 8.23. The molecule has 23 heavy (non-hydrogen) atoms. The topological polar surface area (TPSA) is 68.6 Å². The Balaban J connectivity index is 1.47. The lowest BCUT2D eigenvalue weighted by molar-refractivity contribution is -0.122. The lowest BCUT2D eigenvalue weighted by Gasteiger charge is -2.18. The van der Waals surface area contributed by atoms with Crippen LogP contribution in [-0.4, -0.2) is 66.6 Å². The Hall–Kier alpha value is -1.44. The summed E-state index contributed by atoms with van der Waals surface area (Å²) in [6.45, 7) is 4.67. The van der Waals surface area contributed by atoms with Crippen molar-refractivity contribution in [3.63, 3.8) is 0 Å². The van der Waals surface area contributed by atoms with E-state index in [1.165, 1.54) is 5.56 Å². The first kappa shape index (κ1) is 16.4. The summed E-state index contributed by atoms with van der Waals surface area (Å²) in [7, 11) is 3.57. The minimum atomic E-state index is 0.0991. The SMILES string of the molecule is COCCNC(=O)C[C@H]1CO[C@@H]2CN(Cc3cnn(C)c3)C[C@H]12. The van der Waals surface area contributed by atoms with Crippen LogP contribution in [0.15, 0.2) is 12.4 Å². The molecule has 0 unspecified atom stereocenters. The van der Waals surface area contributed by atoms with Gasteiger partial charge in [0.2, 0.25) is 5.91 Å². The minimum absolute atomic E-state index is 0.0991. The van der Waals surface area contributed by atoms with Crippen LogP contribution in [0.4, 0.5) is 0 Å². The molecule has 7 nitrogen and oxygen atoms in total. The molecule has 3 rings (SSSR count). The number of nitrogens with one attached hydrogen (secondary N) is 1. The van der Waals surface area contributed by atoms with E-state index in [9.17, 15) is 4.79 Å². The summed E-state index contributed by atoms with van der Waals surface area (Å²) in [6, 6.07) is 0. The van der Waals surface area contributed by atoms with Crippen LogP contribution < -0.4 is 5.32 Å². The summed E-state index contributed by atoms with van der Waals surface area (Å²) in [5, 5.41) is 7.12. The number of ether oxygens (including phenoxy) is 2. The van der Waals surface area contributed by atoms with E-state index in [4.69, 9.17) is 9.47 Å². The van der Waals surface area contributed by atoms with Gasteiger partial charge in [0.15, 0.2) is 0 Å². The van der Waals surface area contributed by atoms with Gasteiger partial charge in [0.1, 0.15) is 0 Å². The Morgan fingerprint density at radius 2 is 2.39 bits per heavy atom. The van der Waals surface area contributed by atoms with Gasteiger partial charge in [0, 0.05) is 64.4 Å². The van der Waals surface area contributed by atoms with Crippen LogP contribution in [-0.2, 0) is 27.9 Å². The molecule has 0 saturated carbocycles. The van der Waals surface area contributed by atoms with Crippen molar-refractivity contribution >= 4 is 5.91 Å². The normalized spacial score (nSPS) is 27.3. The van der Waals surface area contributed by atoms with Gasteiger partial charge in [-0.15, -0.1) is 0 Å². The average Bonchev–Trinajstić information content (AvgIpc) is 3.18. The van der Waals surface area contributed by atoms with Gasteiger partial charge >= 0.3 is 0 Å². The Bertz CT molecular complexity index is 533. The predicted molar refractivity (Wildman–Crippen MR) is 84.7 cm³/mol. The highest BCUT2D eigenvalue weighted by Crippen LogP contribution is 2.35. The standard InChI is InChI=1S/C16H26N4O3/c1-19-7-12(6-18-19)8-20-9-14-13(11-23-15(14)10-20)5-16(21)17-3-4-22-2/h6-7,13-15H,3-5,8-11H2,1-2H3,(H,17,21)/t13-,14+,15+/m0/s1. The molecule has 3 heterocycles. The first-order valence-electron chi connectivity index (χ1n) is 8.23. The summed E-state index contributed by atoms with van der Waals surface area (Å²) in [4.78, 5) is 14.4. The predicted octanol–water partition coefficient (Wildman–Crippen LogP) is 0.0196. The van der Waals surface area contributed by atoms with E-state index >= 15 is 0 Å². The Morgan fingerprint density at radius 1 is 1.52 bits per heavy atom. The van der Waals surface area contributed by atoms with Crippen LogP contribution in [0.25, 0.3) is 0 Å². The van der Waals surface area contributed by atoms with Gasteiger partial charge in [0.25, 0.3) is 0 Å². The van der Waals surface area contributed by atoms with E-state index in [0.29, 0.717) is 38.0 Å². The van der Waals surface area contributed by atoms with E-state index in [1.807, 2.05) is 17.9 Å². The van der Waals surface area contributed by atoms with E-state index in [2.05, 4.69) is 21.5 Å². The molecule has 0 aromatic carbocycles. The first-order chi connectivity index (χ1) is 11.2. The van der Waals surface area contributed by atoms with Crippen molar-refractivity contribution < 1.29 is 14.3 Å². The second-order valence-electron chi connectivity index (χ2n) is 6.56. The summed E-state index contributed by atoms with van der Waals surface area (Å²) in [6.07, 6.45) is 4.78. The summed E-state index contributed by atoms with van der Waals surface area (Å²) in [5.74, 6) is 0.878. The molecule has 0 bridgehead atoms. The maximum atomic E-state index is 12.0. The van der Waals surface area contributed by atoms with Gasteiger partial charge in [-0.25, -0.2) is 0 Å². The molecule has 0 radical (unpaired) electrons. The number of hydrogen-bond donors (Lipinski definition) is 1. The second-order valence-corrected chi connectivity index (χ2v) is 6.56. The van der Waals surface area contributed by atoms with Crippen LogP contribution in [0.5, 0.6) is 0 Å². The van der Waals surface area contributed by atoms with Gasteiger partial charge in [0.05, 0.1) is 25.5 Å². The second kappa shape index (κ2) is 7.42. The third kappa shape index (κ3) is 4.10. The maximum absolute atomic E-state index is 12.0. The van der Waals surface area contributed by atoms with E-state index < -0.39 is 0 Å². The fourth-order valence-corrected chi connectivity index (χ4v) is 3.63. The number of amides is 1. The Labute approximate surface area is 136 Å². The highest BCUT2D eigenvalue weighted by Gasteiger charge is 2.44. The fourth-order valence-electron chi connectivity index (χ4n) is 3.63. The van der Waals surface area contributed by atoms with Gasteiger partial charge in [-0.2, -0.15) is 5.10 Å². The van der Waals surface area contributed by atoms with Crippen LogP contribution >= 0.6 is 0 Å². The zero-order chi connectivity index (χ0) is 16.2. The number of methoxy groups -OCH3 is 1. The molecular formula is C16H26N4O3. The van der Waals surface area contributed by atoms with Crippen molar-refractivity contribution in [3.8, 4) is 0 Å². The fraction of sp³-hybridized carbons (Fsp3) is 0.750. The van der Waals surface area contributed by atoms with Gasteiger partial charge < -0.3 is 14.8 Å². The number of aromatic nitrogens is 2. The number of aryl methyl sites for hydroxylation is 1. The van der Waals surface area contributed by atoms with Crippen LogP contribution in [0.3, 0.4) is 0 Å². The lowest BCUT2D eigenvalue weighted by Crippen LogP contribution is -2.31. The summed E-state index contributed by atoms with van der Waals surface area (Å²) < 4.78 is 12.7. The Morgan fingerprint density at radius 3 is 3.13 bits per heavy atom. The third-order valence-electron chi connectivity index (χ3n) is 4.76. The number of carbonyl (C=O) groups excluding carboxylic acids is 1. The molecule has 3 atom stereocenters. The van der Waals surface area contributed by atoms with Crippen LogP contribution in [0, 0.1) is 11.8 Å². The molecule has 7 heteroatoms. The average molecular weight is 322 g/mol. The number of hydrogen-bond acceptors (Lipinski definition) is 5. The highest BCUT2D eigenvalue weighted by molar-refractivity contribution is 5.76. The van der Waals surface area contributed by atoms with Crippen molar-refractivity contribution in [2.24, 2.45) is 18.9 Å². The van der Waals surface area contributed by atoms with Crippen molar-refractivity contribution in [2.75, 3.05) is 40.0 Å². The molecule has 0 spiro atoms. The molecule has 2 aliphatic heterocycles. The maximum Gasteiger partial charge on any atom is 0.220 e. The summed E-state index contributed by atoms with van der Waals surface area (Å²) in [5.41, 5.74) is 1.22. The Kier molecular flexibility index (Phi) is 5.30. The number of carbonyl (C=O) groups is 1. The zero-order valence-electron chi connectivity index (χ0n) is 13.9. The number of likely N-dealkylation sites (tertiary alicyclic amines) is 1. The number of nitrogens with zero attached hydrogens (tertiary/aromatic N) is 3. The van der Waals surface area contributed by atoms with E-state index in [-0.39, 0.29) is 12.0 Å². The number of rotatable bonds is 7. The number of fused-ring (bicyclic) bond motifs is 1. The largest absolute Gasteiger partial charge is 0.383 e. The van der Waals surface area contributed by atoms with Gasteiger partial charge in [-0.3, -0.25) is 14.4 Å². The molecular weight excluding hydrogens is 296 g/mol. The van der Waals surface area contributed by atoms with Crippen molar-refractivity contribution in [2.45, 2.75) is 19.1 Å². The molecule has 1 amide bonds. The minimum Gasteiger partial charge on any atom is -0.383 e. The highest BCUT2D eigenvalue weighted by atomic mass is 16.5. The molecule has 1 aromatic rings. The van der Waals surface area contributed by atoms with Crippen molar-refractivity contribution in [3.05, 3.63) is 18.0 Å². The zero-order valence-corrected chi connectivity index (χ0v) is 13.9. The molecule has 1 aromatic heterocycles. The van der Waals surface area contributed by atoms with Gasteiger partial charge in [-0.1, -0.05) is 0 Å². The molecule has 0 aliphatic carbocycles. The lowest BCUT2D eigenvalue weighted by atomic mass is 9.90. The van der Waals surface area contributed by atoms with Crippen molar-refractivity contribution in [1.29, 1.82) is 0 Å². The summed E-state index contributed by atoms with van der Waals surface area (Å²) >= 11 is 0. The van der Waals surface area contributed by atoms with Crippen molar-refractivity contribution in [1.82, 2.24) is 20.0 Å². The monoisotopic (exact) mass is 322 g/mol. The molecule has 128 valence electrons. The molecule has 1 N–H and O–H groups in total. The van der Waals surface area contributed by atoms with Gasteiger partial charge in [-0.05, 0) is 5.92 Å². The van der Waals surface area contributed by atoms with Crippen LogP contribution in [0.2, 0.25) is 0 Å². The molecule has 2 aliphatic rings. The molecule has 2 fully saturated rings. The third-order valence-corrected chi connectivity index (χ3v) is 4.76. The molecule has 2 saturated heterocycles. The smallest absolute Gasteiger partial charge is 0.220 e. The quantitative estimate of drug-likeness (QED) is 0.717. The van der Waals surface area contributed by atoms with Crippen LogP contribution in [0.1, 0.15) is 12.0 Å². The van der Waals surface area contributed by atoms with E-state index in [0.717, 1.165) is 19.6 Å². The van der Waals surface area contributed by atoms with E-state index in [1.54, 1.807) is 7.11 Å².